The quantitative estimate of drug-likeness (QED) is 0.693. The van der Waals surface area contributed by atoms with Gasteiger partial charge in [-0.25, -0.2) is 0 Å². The molecule has 2 aliphatic rings. The van der Waals surface area contributed by atoms with Gasteiger partial charge < -0.3 is 14.8 Å². The molecule has 1 N–H and O–H groups in total. The van der Waals surface area contributed by atoms with Crippen LogP contribution < -0.4 is 5.32 Å². The highest BCUT2D eigenvalue weighted by molar-refractivity contribution is 4.74. The van der Waals surface area contributed by atoms with Crippen molar-refractivity contribution in [2.24, 2.45) is 5.92 Å². The minimum atomic E-state index is 0.700. The molecule has 2 aliphatic heterocycles. The second-order valence-corrected chi connectivity index (χ2v) is 5.25. The van der Waals surface area contributed by atoms with Crippen LogP contribution in [0.5, 0.6) is 0 Å². The molecule has 0 aromatic heterocycles. The van der Waals surface area contributed by atoms with Gasteiger partial charge in [0.05, 0.1) is 26.4 Å². The summed E-state index contributed by atoms with van der Waals surface area (Å²) in [6, 6.07) is 0. The summed E-state index contributed by atoms with van der Waals surface area (Å²) in [7, 11) is 2.05. The number of ether oxygens (including phenoxy) is 2. The van der Waals surface area contributed by atoms with Crippen LogP contribution >= 0.6 is 0 Å². The zero-order valence-electron chi connectivity index (χ0n) is 11.6. The fourth-order valence-electron chi connectivity index (χ4n) is 2.77. The number of nitrogens with zero attached hydrogens (tertiary/aromatic N) is 2. The van der Waals surface area contributed by atoms with Gasteiger partial charge in [0.15, 0.2) is 0 Å². The van der Waals surface area contributed by atoms with Gasteiger partial charge in [0.2, 0.25) is 0 Å². The van der Waals surface area contributed by atoms with E-state index in [1.807, 2.05) is 7.05 Å². The van der Waals surface area contributed by atoms with E-state index < -0.39 is 0 Å². The van der Waals surface area contributed by atoms with Crippen molar-refractivity contribution in [1.82, 2.24) is 15.1 Å². The Kier molecular flexibility index (Phi) is 6.37. The molecule has 2 fully saturated rings. The first-order valence-electron chi connectivity index (χ1n) is 7.13. The molecule has 0 radical (unpaired) electrons. The molecule has 0 amide bonds. The second-order valence-electron chi connectivity index (χ2n) is 5.25. The van der Waals surface area contributed by atoms with Gasteiger partial charge in [-0.05, 0) is 13.0 Å². The molecule has 0 bridgehead atoms. The van der Waals surface area contributed by atoms with E-state index >= 15 is 0 Å². The van der Waals surface area contributed by atoms with Crippen LogP contribution in [-0.2, 0) is 9.47 Å². The molecule has 0 spiro atoms. The predicted octanol–water partition coefficient (Wildman–Crippen LogP) is -0.514. The van der Waals surface area contributed by atoms with E-state index in [1.54, 1.807) is 0 Å². The van der Waals surface area contributed by atoms with Crippen molar-refractivity contribution >= 4 is 0 Å². The Morgan fingerprint density at radius 3 is 1.72 bits per heavy atom. The van der Waals surface area contributed by atoms with E-state index in [2.05, 4.69) is 15.1 Å². The number of rotatable bonds is 6. The van der Waals surface area contributed by atoms with Crippen molar-refractivity contribution in [2.75, 3.05) is 79.3 Å². The van der Waals surface area contributed by atoms with Gasteiger partial charge in [-0.3, -0.25) is 9.80 Å². The lowest BCUT2D eigenvalue weighted by molar-refractivity contribution is 0.0125. The lowest BCUT2D eigenvalue weighted by atomic mass is 10.1. The van der Waals surface area contributed by atoms with Crippen LogP contribution in [0.4, 0.5) is 0 Å². The summed E-state index contributed by atoms with van der Waals surface area (Å²) >= 11 is 0. The molecule has 0 unspecified atom stereocenters. The number of morpholine rings is 2. The first-order valence-corrected chi connectivity index (χ1v) is 7.13. The molecule has 5 heteroatoms. The molecule has 2 rings (SSSR count). The highest BCUT2D eigenvalue weighted by Gasteiger charge is 2.20. The molecule has 18 heavy (non-hydrogen) atoms. The van der Waals surface area contributed by atoms with Crippen molar-refractivity contribution in [3.05, 3.63) is 0 Å². The molecular weight excluding hydrogens is 230 g/mol. The maximum Gasteiger partial charge on any atom is 0.0594 e. The number of hydrogen-bond donors (Lipinski definition) is 1. The summed E-state index contributed by atoms with van der Waals surface area (Å²) in [5.74, 6) is 0.700. The van der Waals surface area contributed by atoms with Crippen LogP contribution in [0, 0.1) is 5.92 Å². The summed E-state index contributed by atoms with van der Waals surface area (Å²) in [5, 5.41) is 3.33. The Balaban J connectivity index is 1.74. The predicted molar refractivity (Wildman–Crippen MR) is 71.9 cm³/mol. The van der Waals surface area contributed by atoms with E-state index in [0.717, 1.165) is 59.2 Å². The van der Waals surface area contributed by atoms with Crippen LogP contribution in [0.15, 0.2) is 0 Å². The molecule has 0 aromatic rings. The van der Waals surface area contributed by atoms with Crippen LogP contribution in [-0.4, -0.2) is 89.1 Å². The topological polar surface area (TPSA) is 37.0 Å². The van der Waals surface area contributed by atoms with Gasteiger partial charge in [-0.2, -0.15) is 0 Å². The summed E-state index contributed by atoms with van der Waals surface area (Å²) in [5.41, 5.74) is 0. The van der Waals surface area contributed by atoms with E-state index in [9.17, 15) is 0 Å². The van der Waals surface area contributed by atoms with E-state index in [1.165, 1.54) is 13.1 Å². The minimum Gasteiger partial charge on any atom is -0.379 e. The van der Waals surface area contributed by atoms with Gasteiger partial charge in [0.25, 0.3) is 0 Å². The van der Waals surface area contributed by atoms with Crippen LogP contribution in [0.25, 0.3) is 0 Å². The molecular formula is C13H27N3O2. The Morgan fingerprint density at radius 1 is 0.889 bits per heavy atom. The molecule has 2 saturated heterocycles. The average molecular weight is 257 g/mol. The van der Waals surface area contributed by atoms with E-state index in [4.69, 9.17) is 9.47 Å². The molecule has 0 saturated carbocycles. The Labute approximate surface area is 110 Å². The fourth-order valence-corrected chi connectivity index (χ4v) is 2.77. The van der Waals surface area contributed by atoms with Crippen molar-refractivity contribution in [2.45, 2.75) is 0 Å². The number of nitrogens with one attached hydrogen (secondary N) is 1. The summed E-state index contributed by atoms with van der Waals surface area (Å²) in [6.45, 7) is 11.4. The Hall–Kier alpha value is -0.200. The van der Waals surface area contributed by atoms with Gasteiger partial charge in [-0.15, -0.1) is 0 Å². The largest absolute Gasteiger partial charge is 0.379 e. The summed E-state index contributed by atoms with van der Waals surface area (Å²) in [4.78, 5) is 5.07. The molecule has 0 atom stereocenters. The van der Waals surface area contributed by atoms with Crippen molar-refractivity contribution in [1.29, 1.82) is 0 Å². The molecule has 2 heterocycles. The summed E-state index contributed by atoms with van der Waals surface area (Å²) in [6.07, 6.45) is 0. The molecule has 106 valence electrons. The zero-order chi connectivity index (χ0) is 12.6. The lowest BCUT2D eigenvalue weighted by Crippen LogP contribution is -2.47. The maximum absolute atomic E-state index is 5.41. The molecule has 0 aromatic carbocycles. The van der Waals surface area contributed by atoms with E-state index in [0.29, 0.717) is 5.92 Å². The standard InChI is InChI=1S/C13H27N3O2/c1-14-10-13(11-15-2-6-17-7-3-15)12-16-4-8-18-9-5-16/h13-14H,2-12H2,1H3. The highest BCUT2D eigenvalue weighted by Crippen LogP contribution is 2.07. The van der Waals surface area contributed by atoms with E-state index in [-0.39, 0.29) is 0 Å². The summed E-state index contributed by atoms with van der Waals surface area (Å²) < 4.78 is 10.8. The average Bonchev–Trinajstić information content (AvgIpc) is 2.41. The second kappa shape index (κ2) is 8.07. The third kappa shape index (κ3) is 4.82. The first kappa shape index (κ1) is 14.2. The van der Waals surface area contributed by atoms with Crippen LogP contribution in [0.3, 0.4) is 0 Å². The van der Waals surface area contributed by atoms with Crippen molar-refractivity contribution in [3.63, 3.8) is 0 Å². The van der Waals surface area contributed by atoms with Crippen LogP contribution in [0.1, 0.15) is 0 Å². The lowest BCUT2D eigenvalue weighted by Gasteiger charge is -2.34. The minimum absolute atomic E-state index is 0.700. The SMILES string of the molecule is CNCC(CN1CCOCC1)CN1CCOCC1. The van der Waals surface area contributed by atoms with Gasteiger partial charge in [0, 0.05) is 45.8 Å². The number of hydrogen-bond acceptors (Lipinski definition) is 5. The third-order valence-electron chi connectivity index (χ3n) is 3.73. The Bertz CT molecular complexity index is 196. The van der Waals surface area contributed by atoms with Crippen molar-refractivity contribution in [3.8, 4) is 0 Å². The maximum atomic E-state index is 5.41. The third-order valence-corrected chi connectivity index (χ3v) is 3.73. The Morgan fingerprint density at radius 2 is 1.33 bits per heavy atom. The highest BCUT2D eigenvalue weighted by atomic mass is 16.5. The van der Waals surface area contributed by atoms with Gasteiger partial charge in [0.1, 0.15) is 0 Å². The first-order chi connectivity index (χ1) is 8.88. The zero-order valence-corrected chi connectivity index (χ0v) is 11.6. The fraction of sp³-hybridized carbons (Fsp3) is 1.00. The monoisotopic (exact) mass is 257 g/mol. The van der Waals surface area contributed by atoms with Crippen LogP contribution in [0.2, 0.25) is 0 Å². The normalized spacial score (nSPS) is 23.7. The van der Waals surface area contributed by atoms with Gasteiger partial charge in [-0.1, -0.05) is 0 Å². The smallest absolute Gasteiger partial charge is 0.0594 e. The molecule has 0 aliphatic carbocycles. The van der Waals surface area contributed by atoms with Gasteiger partial charge >= 0.3 is 0 Å². The molecule has 5 nitrogen and oxygen atoms in total. The van der Waals surface area contributed by atoms with Crippen molar-refractivity contribution < 1.29 is 9.47 Å².